The van der Waals surface area contributed by atoms with E-state index in [4.69, 9.17) is 5.73 Å². The summed E-state index contributed by atoms with van der Waals surface area (Å²) in [6.45, 7) is 3.19. The average molecular weight is 263 g/mol. The molecule has 1 fully saturated rings. The first-order valence-electron chi connectivity index (χ1n) is 6.61. The molecule has 1 aromatic carbocycles. The fraction of sp³-hybridized carbons (Fsp3) is 0.500. The van der Waals surface area contributed by atoms with Crippen molar-refractivity contribution in [2.24, 2.45) is 0 Å². The van der Waals surface area contributed by atoms with Crippen molar-refractivity contribution in [3.8, 4) is 0 Å². The van der Waals surface area contributed by atoms with E-state index in [1.54, 1.807) is 6.07 Å². The Hall–Kier alpha value is -1.59. The quantitative estimate of drug-likeness (QED) is 0.707. The first kappa shape index (κ1) is 13.8. The number of hydrogen-bond acceptors (Lipinski definition) is 4. The second-order valence-electron chi connectivity index (χ2n) is 5.04. The Labute approximate surface area is 113 Å². The second kappa shape index (κ2) is 6.04. The number of hydrogen-bond donors (Lipinski definition) is 3. The summed E-state index contributed by atoms with van der Waals surface area (Å²) in [5.74, 6) is -0.0821. The Bertz CT molecular complexity index is 442. The summed E-state index contributed by atoms with van der Waals surface area (Å²) in [4.78, 5) is 14.1. The number of likely N-dealkylation sites (tertiary alicyclic amines) is 1. The summed E-state index contributed by atoms with van der Waals surface area (Å²) in [7, 11) is 0. The lowest BCUT2D eigenvalue weighted by Gasteiger charge is -2.22. The highest BCUT2D eigenvalue weighted by Gasteiger charge is 2.25. The maximum Gasteiger partial charge on any atom is 0.238 e. The van der Waals surface area contributed by atoms with Crippen LogP contribution in [0.4, 0.5) is 11.4 Å². The van der Waals surface area contributed by atoms with Crippen LogP contribution < -0.4 is 11.1 Å². The zero-order valence-electron chi connectivity index (χ0n) is 11.2. The highest BCUT2D eigenvalue weighted by atomic mass is 16.3. The fourth-order valence-electron chi connectivity index (χ4n) is 2.53. The molecule has 104 valence electrons. The number of nitrogens with one attached hydrogen (secondary N) is 1. The number of nitrogen functional groups attached to an aromatic ring is 1. The summed E-state index contributed by atoms with van der Waals surface area (Å²) >= 11 is 0. The Kier molecular flexibility index (Phi) is 4.39. The van der Waals surface area contributed by atoms with Crippen LogP contribution in [-0.4, -0.2) is 41.7 Å². The molecule has 1 unspecified atom stereocenters. The normalized spacial score (nSPS) is 19.6. The maximum atomic E-state index is 12.0. The number of nitrogens with zero attached hydrogens (tertiary/aromatic N) is 1. The lowest BCUT2D eigenvalue weighted by molar-refractivity contribution is -0.117. The number of aliphatic hydroxyl groups is 1. The van der Waals surface area contributed by atoms with Crippen molar-refractivity contribution in [1.82, 2.24) is 4.90 Å². The van der Waals surface area contributed by atoms with Crippen LogP contribution in [0.5, 0.6) is 0 Å². The van der Waals surface area contributed by atoms with E-state index in [9.17, 15) is 9.90 Å². The molecule has 4 N–H and O–H groups in total. The first-order valence-corrected chi connectivity index (χ1v) is 6.61. The number of carbonyl (C=O) groups excluding carboxylic acids is 1. The average Bonchev–Trinajstić information content (AvgIpc) is 2.81. The van der Waals surface area contributed by atoms with Gasteiger partial charge in [-0.3, -0.25) is 9.69 Å². The Morgan fingerprint density at radius 1 is 1.58 bits per heavy atom. The van der Waals surface area contributed by atoms with Crippen molar-refractivity contribution in [2.75, 3.05) is 30.7 Å². The van der Waals surface area contributed by atoms with Crippen LogP contribution in [0.15, 0.2) is 18.2 Å². The van der Waals surface area contributed by atoms with Gasteiger partial charge in [-0.1, -0.05) is 12.1 Å². The summed E-state index contributed by atoms with van der Waals surface area (Å²) in [6.07, 6.45) is 1.99. The molecule has 1 aliphatic heterocycles. The molecule has 19 heavy (non-hydrogen) atoms. The van der Waals surface area contributed by atoms with Gasteiger partial charge in [-0.15, -0.1) is 0 Å². The van der Waals surface area contributed by atoms with E-state index in [0.717, 1.165) is 24.9 Å². The molecule has 5 nitrogen and oxygen atoms in total. The Balaban J connectivity index is 1.98. The minimum atomic E-state index is -0.0821. The molecule has 1 saturated heterocycles. The van der Waals surface area contributed by atoms with Crippen LogP contribution in [-0.2, 0) is 4.79 Å². The summed E-state index contributed by atoms with van der Waals surface area (Å²) < 4.78 is 0. The summed E-state index contributed by atoms with van der Waals surface area (Å²) in [6, 6.07) is 5.66. The topological polar surface area (TPSA) is 78.6 Å². The van der Waals surface area contributed by atoms with Gasteiger partial charge in [0.05, 0.1) is 24.5 Å². The third-order valence-electron chi connectivity index (χ3n) is 3.63. The van der Waals surface area contributed by atoms with Crippen LogP contribution >= 0.6 is 0 Å². The SMILES string of the molecule is Cc1cccc(N)c1NC(=O)CN1CCCC1CO. The number of para-hydroxylation sites is 1. The molecular weight excluding hydrogens is 242 g/mol. The minimum Gasteiger partial charge on any atom is -0.397 e. The van der Waals surface area contributed by atoms with Crippen LogP contribution in [0.3, 0.4) is 0 Å². The third-order valence-corrected chi connectivity index (χ3v) is 3.63. The molecular formula is C14H21N3O2. The highest BCUT2D eigenvalue weighted by molar-refractivity contribution is 5.96. The van der Waals surface area contributed by atoms with Gasteiger partial charge < -0.3 is 16.2 Å². The number of aryl methyl sites for hydroxylation is 1. The maximum absolute atomic E-state index is 12.0. The van der Waals surface area contributed by atoms with E-state index in [2.05, 4.69) is 5.32 Å². The number of amides is 1. The van der Waals surface area contributed by atoms with Gasteiger partial charge in [0.15, 0.2) is 0 Å². The predicted molar refractivity (Wildman–Crippen MR) is 75.9 cm³/mol. The van der Waals surface area contributed by atoms with Crippen molar-refractivity contribution in [1.29, 1.82) is 0 Å². The number of benzene rings is 1. The first-order chi connectivity index (χ1) is 9.11. The summed E-state index contributed by atoms with van der Waals surface area (Å²) in [5.41, 5.74) is 8.08. The molecule has 0 radical (unpaired) electrons. The van der Waals surface area contributed by atoms with E-state index in [0.29, 0.717) is 17.9 Å². The third kappa shape index (κ3) is 3.24. The molecule has 0 aromatic heterocycles. The zero-order chi connectivity index (χ0) is 13.8. The minimum absolute atomic E-state index is 0.0821. The van der Waals surface area contributed by atoms with Gasteiger partial charge in [0, 0.05) is 6.04 Å². The monoisotopic (exact) mass is 263 g/mol. The van der Waals surface area contributed by atoms with Crippen LogP contribution in [0.25, 0.3) is 0 Å². The van der Waals surface area contributed by atoms with Crippen LogP contribution in [0.1, 0.15) is 18.4 Å². The number of aliphatic hydroxyl groups excluding tert-OH is 1. The van der Waals surface area contributed by atoms with Gasteiger partial charge >= 0.3 is 0 Å². The predicted octanol–water partition coefficient (Wildman–Crippen LogP) is 0.972. The van der Waals surface area contributed by atoms with E-state index in [1.807, 2.05) is 24.0 Å². The molecule has 0 spiro atoms. The van der Waals surface area contributed by atoms with Gasteiger partial charge in [-0.2, -0.15) is 0 Å². The number of anilines is 2. The van der Waals surface area contributed by atoms with Gasteiger partial charge in [0.1, 0.15) is 0 Å². The molecule has 1 aromatic rings. The molecule has 0 saturated carbocycles. The number of carbonyl (C=O) groups is 1. The fourth-order valence-corrected chi connectivity index (χ4v) is 2.53. The molecule has 1 heterocycles. The standard InChI is InChI=1S/C14H21N3O2/c1-10-4-2-6-12(15)14(10)16-13(19)8-17-7-3-5-11(17)9-18/h2,4,6,11,18H,3,5,7-9,15H2,1H3,(H,16,19). The molecule has 0 aliphatic carbocycles. The van der Waals surface area contributed by atoms with E-state index >= 15 is 0 Å². The lowest BCUT2D eigenvalue weighted by atomic mass is 10.1. The Morgan fingerprint density at radius 2 is 2.37 bits per heavy atom. The van der Waals surface area contributed by atoms with E-state index in [-0.39, 0.29) is 18.6 Å². The van der Waals surface area contributed by atoms with Gasteiger partial charge in [0.2, 0.25) is 5.91 Å². The zero-order valence-corrected chi connectivity index (χ0v) is 11.2. The van der Waals surface area contributed by atoms with Gasteiger partial charge in [-0.25, -0.2) is 0 Å². The molecule has 1 aliphatic rings. The molecule has 0 bridgehead atoms. The van der Waals surface area contributed by atoms with Gasteiger partial charge in [-0.05, 0) is 37.9 Å². The lowest BCUT2D eigenvalue weighted by Crippen LogP contribution is -2.38. The molecule has 2 rings (SSSR count). The van der Waals surface area contributed by atoms with Crippen LogP contribution in [0.2, 0.25) is 0 Å². The van der Waals surface area contributed by atoms with Gasteiger partial charge in [0.25, 0.3) is 0 Å². The number of rotatable bonds is 4. The largest absolute Gasteiger partial charge is 0.397 e. The number of nitrogens with two attached hydrogens (primary N) is 1. The van der Waals surface area contributed by atoms with Crippen LogP contribution in [0, 0.1) is 6.92 Å². The van der Waals surface area contributed by atoms with Crippen molar-refractivity contribution >= 4 is 17.3 Å². The van der Waals surface area contributed by atoms with Crippen molar-refractivity contribution in [3.63, 3.8) is 0 Å². The second-order valence-corrected chi connectivity index (χ2v) is 5.04. The summed E-state index contributed by atoms with van der Waals surface area (Å²) in [5, 5.41) is 12.1. The highest BCUT2D eigenvalue weighted by Crippen LogP contribution is 2.23. The molecule has 1 atom stereocenters. The van der Waals surface area contributed by atoms with Crippen molar-refractivity contribution in [3.05, 3.63) is 23.8 Å². The van der Waals surface area contributed by atoms with E-state index < -0.39 is 0 Å². The van der Waals surface area contributed by atoms with Crippen molar-refractivity contribution < 1.29 is 9.90 Å². The molecule has 1 amide bonds. The molecule has 5 heteroatoms. The Morgan fingerprint density at radius 3 is 3.05 bits per heavy atom. The van der Waals surface area contributed by atoms with Crippen molar-refractivity contribution in [2.45, 2.75) is 25.8 Å². The van der Waals surface area contributed by atoms with E-state index in [1.165, 1.54) is 0 Å². The smallest absolute Gasteiger partial charge is 0.238 e.